The van der Waals surface area contributed by atoms with Crippen molar-refractivity contribution in [3.63, 3.8) is 0 Å². The summed E-state index contributed by atoms with van der Waals surface area (Å²) in [6.07, 6.45) is -5.05. The van der Waals surface area contributed by atoms with Crippen LogP contribution in [0.15, 0.2) is 54.6 Å². The van der Waals surface area contributed by atoms with E-state index in [1.54, 1.807) is 24.3 Å². The zero-order chi connectivity index (χ0) is 20.9. The molecule has 0 spiro atoms. The number of alkyl halides is 3. The molecule has 1 unspecified atom stereocenters. The van der Waals surface area contributed by atoms with Crippen LogP contribution < -0.4 is 10.6 Å². The first kappa shape index (κ1) is 21.4. The Morgan fingerprint density at radius 2 is 1.54 bits per heavy atom. The Kier molecular flexibility index (Phi) is 6.45. The second-order valence-corrected chi connectivity index (χ2v) is 6.64. The van der Waals surface area contributed by atoms with Crippen LogP contribution in [0.2, 0.25) is 0 Å². The van der Waals surface area contributed by atoms with Crippen LogP contribution in [0.3, 0.4) is 0 Å². The lowest BCUT2D eigenvalue weighted by atomic mass is 9.93. The molecule has 1 atom stereocenters. The van der Waals surface area contributed by atoms with E-state index in [0.717, 1.165) is 17.7 Å². The number of benzene rings is 2. The van der Waals surface area contributed by atoms with Crippen LogP contribution in [0.1, 0.15) is 30.9 Å². The largest absolute Gasteiger partial charge is 0.423 e. The van der Waals surface area contributed by atoms with Crippen molar-refractivity contribution in [1.29, 1.82) is 0 Å². The van der Waals surface area contributed by atoms with Gasteiger partial charge in [-0.3, -0.25) is 9.59 Å². The monoisotopic (exact) mass is 394 g/mol. The van der Waals surface area contributed by atoms with Crippen LogP contribution in [0.5, 0.6) is 0 Å². The summed E-state index contributed by atoms with van der Waals surface area (Å²) in [5.74, 6) is -2.13. The topological polar surface area (TPSA) is 78.4 Å². The molecule has 0 fully saturated rings. The highest BCUT2D eigenvalue weighted by Crippen LogP contribution is 2.38. The molecule has 0 radical (unpaired) electrons. The molecule has 3 N–H and O–H groups in total. The highest BCUT2D eigenvalue weighted by molar-refractivity contribution is 6.39. The van der Waals surface area contributed by atoms with E-state index < -0.39 is 35.7 Å². The summed E-state index contributed by atoms with van der Waals surface area (Å²) in [6, 6.07) is 13.1. The van der Waals surface area contributed by atoms with E-state index in [0.29, 0.717) is 5.69 Å². The lowest BCUT2D eigenvalue weighted by molar-refractivity contribution is -0.264. The number of carbonyl (C=O) groups is 2. The molecule has 5 nitrogen and oxygen atoms in total. The standard InChI is InChI=1S/C20H21F3N2O3/c1-13(2)14-8-10-16(11-9-14)25-18(27)17(26)24-12-19(28,20(21,22)23)15-6-4-3-5-7-15/h3-11,13,28H,12H2,1-2H3,(H,24,26)(H,25,27). The van der Waals surface area contributed by atoms with Gasteiger partial charge in [0.05, 0.1) is 6.54 Å². The van der Waals surface area contributed by atoms with Crippen molar-refractivity contribution in [3.8, 4) is 0 Å². The van der Waals surface area contributed by atoms with Crippen LogP contribution in [0.4, 0.5) is 18.9 Å². The molecule has 8 heteroatoms. The predicted octanol–water partition coefficient (Wildman–Crippen LogP) is 3.31. The Morgan fingerprint density at radius 1 is 0.964 bits per heavy atom. The van der Waals surface area contributed by atoms with Gasteiger partial charge in [0.1, 0.15) is 0 Å². The van der Waals surface area contributed by atoms with Gasteiger partial charge in [0, 0.05) is 5.69 Å². The van der Waals surface area contributed by atoms with Gasteiger partial charge in [0.15, 0.2) is 0 Å². The van der Waals surface area contributed by atoms with Crippen LogP contribution in [0.25, 0.3) is 0 Å². The molecule has 2 aromatic rings. The van der Waals surface area contributed by atoms with Gasteiger partial charge < -0.3 is 15.7 Å². The number of nitrogens with one attached hydrogen (secondary N) is 2. The van der Waals surface area contributed by atoms with Crippen molar-refractivity contribution in [2.45, 2.75) is 31.5 Å². The number of anilines is 1. The van der Waals surface area contributed by atoms with Gasteiger partial charge in [0.2, 0.25) is 5.60 Å². The fourth-order valence-electron chi connectivity index (χ4n) is 2.51. The molecular formula is C20H21F3N2O3. The molecule has 0 saturated carbocycles. The highest BCUT2D eigenvalue weighted by atomic mass is 19.4. The quantitative estimate of drug-likeness (QED) is 0.681. The maximum Gasteiger partial charge on any atom is 0.423 e. The minimum absolute atomic E-state index is 0.283. The number of carbonyl (C=O) groups excluding carboxylic acids is 2. The maximum absolute atomic E-state index is 13.4. The number of rotatable bonds is 5. The van der Waals surface area contributed by atoms with Crippen molar-refractivity contribution in [3.05, 3.63) is 65.7 Å². The number of hydrogen-bond donors (Lipinski definition) is 3. The van der Waals surface area contributed by atoms with Crippen molar-refractivity contribution in [1.82, 2.24) is 5.32 Å². The summed E-state index contributed by atoms with van der Waals surface area (Å²) in [5.41, 5.74) is -2.39. The van der Waals surface area contributed by atoms with Crippen LogP contribution in [-0.2, 0) is 15.2 Å². The van der Waals surface area contributed by atoms with E-state index in [4.69, 9.17) is 0 Å². The Balaban J connectivity index is 2.05. The van der Waals surface area contributed by atoms with E-state index >= 15 is 0 Å². The summed E-state index contributed by atoms with van der Waals surface area (Å²) in [7, 11) is 0. The lowest BCUT2D eigenvalue weighted by Gasteiger charge is -2.31. The second kappa shape index (κ2) is 8.43. The minimum atomic E-state index is -5.05. The molecule has 0 bridgehead atoms. The Labute approximate surface area is 160 Å². The molecule has 0 aromatic heterocycles. The third-order valence-electron chi connectivity index (χ3n) is 4.27. The van der Waals surface area contributed by atoms with E-state index in [9.17, 15) is 27.9 Å². The highest BCUT2D eigenvalue weighted by Gasteiger charge is 2.55. The van der Waals surface area contributed by atoms with Crippen molar-refractivity contribution in [2.24, 2.45) is 0 Å². The van der Waals surface area contributed by atoms with Crippen LogP contribution >= 0.6 is 0 Å². The molecule has 28 heavy (non-hydrogen) atoms. The predicted molar refractivity (Wildman–Crippen MR) is 98.6 cm³/mol. The third-order valence-corrected chi connectivity index (χ3v) is 4.27. The lowest BCUT2D eigenvalue weighted by Crippen LogP contribution is -2.52. The molecule has 0 saturated heterocycles. The van der Waals surface area contributed by atoms with Gasteiger partial charge in [-0.05, 0) is 29.2 Å². The van der Waals surface area contributed by atoms with Gasteiger partial charge in [-0.15, -0.1) is 0 Å². The van der Waals surface area contributed by atoms with E-state index in [1.165, 1.54) is 18.2 Å². The molecule has 2 rings (SSSR count). The normalized spacial score (nSPS) is 13.7. The molecular weight excluding hydrogens is 373 g/mol. The fraction of sp³-hybridized carbons (Fsp3) is 0.300. The number of aliphatic hydroxyl groups is 1. The minimum Gasteiger partial charge on any atom is -0.375 e. The Morgan fingerprint density at radius 3 is 2.04 bits per heavy atom. The SMILES string of the molecule is CC(C)c1ccc(NC(=O)C(=O)NCC(O)(c2ccccc2)C(F)(F)F)cc1. The van der Waals surface area contributed by atoms with E-state index in [2.05, 4.69) is 5.32 Å². The summed E-state index contributed by atoms with van der Waals surface area (Å²) in [5, 5.41) is 14.3. The molecule has 0 aliphatic carbocycles. The zero-order valence-corrected chi connectivity index (χ0v) is 15.4. The van der Waals surface area contributed by atoms with Gasteiger partial charge in [0.25, 0.3) is 0 Å². The van der Waals surface area contributed by atoms with Gasteiger partial charge in [-0.1, -0.05) is 56.3 Å². The van der Waals surface area contributed by atoms with Gasteiger partial charge in [-0.2, -0.15) is 13.2 Å². The number of halogens is 3. The molecule has 0 aliphatic rings. The molecule has 0 heterocycles. The van der Waals surface area contributed by atoms with E-state index in [-0.39, 0.29) is 5.92 Å². The van der Waals surface area contributed by atoms with Crippen LogP contribution in [0, 0.1) is 0 Å². The van der Waals surface area contributed by atoms with Crippen molar-refractivity contribution in [2.75, 3.05) is 11.9 Å². The smallest absolute Gasteiger partial charge is 0.375 e. The zero-order valence-electron chi connectivity index (χ0n) is 15.4. The molecule has 2 amide bonds. The second-order valence-electron chi connectivity index (χ2n) is 6.64. The molecule has 2 aromatic carbocycles. The first-order valence-corrected chi connectivity index (χ1v) is 8.58. The fourth-order valence-corrected chi connectivity index (χ4v) is 2.51. The van der Waals surface area contributed by atoms with Crippen LogP contribution in [-0.4, -0.2) is 29.6 Å². The third kappa shape index (κ3) is 4.89. The number of amides is 2. The maximum atomic E-state index is 13.4. The van der Waals surface area contributed by atoms with Gasteiger partial charge in [-0.25, -0.2) is 0 Å². The van der Waals surface area contributed by atoms with E-state index in [1.807, 2.05) is 19.2 Å². The van der Waals surface area contributed by atoms with Crippen molar-refractivity contribution < 1.29 is 27.9 Å². The summed E-state index contributed by atoms with van der Waals surface area (Å²) in [4.78, 5) is 23.9. The molecule has 0 aliphatic heterocycles. The van der Waals surface area contributed by atoms with Gasteiger partial charge >= 0.3 is 18.0 Å². The first-order valence-electron chi connectivity index (χ1n) is 8.58. The molecule has 150 valence electrons. The first-order chi connectivity index (χ1) is 13.0. The number of hydrogen-bond acceptors (Lipinski definition) is 3. The Hall–Kier alpha value is -2.87. The average Bonchev–Trinajstić information content (AvgIpc) is 2.66. The van der Waals surface area contributed by atoms with Crippen molar-refractivity contribution >= 4 is 17.5 Å². The summed E-state index contributed by atoms with van der Waals surface area (Å²) >= 11 is 0. The Bertz CT molecular complexity index is 821. The summed E-state index contributed by atoms with van der Waals surface area (Å²) in [6.45, 7) is 2.80. The summed E-state index contributed by atoms with van der Waals surface area (Å²) < 4.78 is 40.2. The average molecular weight is 394 g/mol.